The van der Waals surface area contributed by atoms with Crippen molar-refractivity contribution in [1.29, 1.82) is 0 Å². The van der Waals surface area contributed by atoms with Gasteiger partial charge in [0, 0.05) is 29.8 Å². The lowest BCUT2D eigenvalue weighted by Gasteiger charge is -2.26. The number of hydrogen-bond donors (Lipinski definition) is 3. The van der Waals surface area contributed by atoms with Gasteiger partial charge in [0.25, 0.3) is 5.56 Å². The molecule has 2 aliphatic rings. The van der Waals surface area contributed by atoms with Crippen LogP contribution in [-0.4, -0.2) is 52.3 Å². The molecule has 9 heteroatoms. The molecule has 0 unspecified atom stereocenters. The summed E-state index contributed by atoms with van der Waals surface area (Å²) in [5, 5.41) is 12.9. The van der Waals surface area contributed by atoms with Crippen LogP contribution in [0.1, 0.15) is 37.9 Å². The van der Waals surface area contributed by atoms with Gasteiger partial charge in [-0.1, -0.05) is 0 Å². The third kappa shape index (κ3) is 5.12. The second-order valence-electron chi connectivity index (χ2n) is 8.13. The number of fused-ring (bicyclic) bond motifs is 1. The Kier molecular flexibility index (Phi) is 6.90. The Hall–Kier alpha value is -1.71. The monoisotopic (exact) mass is 439 g/mol. The smallest absolute Gasteiger partial charge is 0.261 e. The SMILES string of the molecule is O=c1[nH]c(CSC2CCC(O)CC2)nc2cc(OC[C@@H]3CCNC[C@H]3F)cc(F)c12. The maximum atomic E-state index is 14.5. The number of aliphatic hydroxyl groups is 1. The van der Waals surface area contributed by atoms with Gasteiger partial charge in [0.2, 0.25) is 0 Å². The number of piperidine rings is 1. The van der Waals surface area contributed by atoms with Gasteiger partial charge in [-0.15, -0.1) is 0 Å². The van der Waals surface area contributed by atoms with Gasteiger partial charge in [0.1, 0.15) is 28.9 Å². The number of H-pyrrole nitrogens is 1. The molecule has 1 aromatic heterocycles. The number of benzene rings is 1. The Morgan fingerprint density at radius 1 is 1.23 bits per heavy atom. The molecule has 1 aromatic carbocycles. The highest BCUT2D eigenvalue weighted by Gasteiger charge is 2.25. The number of aliphatic hydroxyl groups excluding tert-OH is 1. The Balaban J connectivity index is 1.47. The summed E-state index contributed by atoms with van der Waals surface area (Å²) in [5.74, 6) is 0.319. The Bertz CT molecular complexity index is 934. The number of thioether (sulfide) groups is 1. The van der Waals surface area contributed by atoms with Gasteiger partial charge in [0.15, 0.2) is 0 Å². The summed E-state index contributed by atoms with van der Waals surface area (Å²) in [5.41, 5.74) is -0.272. The normalized spacial score (nSPS) is 27.3. The molecule has 2 aromatic rings. The van der Waals surface area contributed by atoms with E-state index in [1.165, 1.54) is 0 Å². The molecule has 1 saturated heterocycles. The lowest BCUT2D eigenvalue weighted by molar-refractivity contribution is 0.122. The molecule has 0 radical (unpaired) electrons. The molecule has 6 nitrogen and oxygen atoms in total. The molecule has 1 aliphatic carbocycles. The molecule has 1 aliphatic heterocycles. The molecule has 0 bridgehead atoms. The van der Waals surface area contributed by atoms with Crippen molar-refractivity contribution in [3.8, 4) is 5.75 Å². The largest absolute Gasteiger partial charge is 0.493 e. The van der Waals surface area contributed by atoms with Crippen LogP contribution in [0.15, 0.2) is 16.9 Å². The van der Waals surface area contributed by atoms with E-state index in [-0.39, 0.29) is 35.3 Å². The molecular formula is C21H27F2N3O3S. The average molecular weight is 440 g/mol. The van der Waals surface area contributed by atoms with Crippen molar-refractivity contribution in [2.45, 2.75) is 55.4 Å². The molecule has 30 heavy (non-hydrogen) atoms. The van der Waals surface area contributed by atoms with Crippen molar-refractivity contribution in [3.63, 3.8) is 0 Å². The van der Waals surface area contributed by atoms with Crippen LogP contribution in [0, 0.1) is 11.7 Å². The van der Waals surface area contributed by atoms with Crippen molar-refractivity contribution in [3.05, 3.63) is 34.1 Å². The van der Waals surface area contributed by atoms with E-state index in [9.17, 15) is 18.7 Å². The Labute approximate surface area is 177 Å². The van der Waals surface area contributed by atoms with E-state index in [2.05, 4.69) is 15.3 Å². The zero-order valence-corrected chi connectivity index (χ0v) is 17.5. The third-order valence-electron chi connectivity index (χ3n) is 5.89. The first-order valence-electron chi connectivity index (χ1n) is 10.5. The van der Waals surface area contributed by atoms with Gasteiger partial charge in [-0.25, -0.2) is 13.8 Å². The second-order valence-corrected chi connectivity index (χ2v) is 9.42. The highest BCUT2D eigenvalue weighted by atomic mass is 32.2. The summed E-state index contributed by atoms with van der Waals surface area (Å²) < 4.78 is 34.2. The van der Waals surface area contributed by atoms with E-state index < -0.39 is 17.5 Å². The summed E-state index contributed by atoms with van der Waals surface area (Å²) >= 11 is 1.69. The third-order valence-corrected chi connectivity index (χ3v) is 7.27. The predicted molar refractivity (Wildman–Crippen MR) is 113 cm³/mol. The summed E-state index contributed by atoms with van der Waals surface area (Å²) in [6.07, 6.45) is 2.91. The fourth-order valence-electron chi connectivity index (χ4n) is 4.07. The number of nitrogens with one attached hydrogen (secondary N) is 2. The van der Waals surface area contributed by atoms with E-state index in [1.807, 2.05) is 0 Å². The van der Waals surface area contributed by atoms with Gasteiger partial charge >= 0.3 is 0 Å². The summed E-state index contributed by atoms with van der Waals surface area (Å²) in [6, 6.07) is 2.71. The number of hydrogen-bond acceptors (Lipinski definition) is 6. The van der Waals surface area contributed by atoms with E-state index in [0.717, 1.165) is 38.3 Å². The minimum absolute atomic E-state index is 0.0953. The summed E-state index contributed by atoms with van der Waals surface area (Å²) in [7, 11) is 0. The van der Waals surface area contributed by atoms with E-state index in [1.54, 1.807) is 17.8 Å². The first kappa shape index (κ1) is 21.5. The fraction of sp³-hybridized carbons (Fsp3) is 0.619. The lowest BCUT2D eigenvalue weighted by atomic mass is 9.97. The van der Waals surface area contributed by atoms with Crippen LogP contribution in [0.5, 0.6) is 5.75 Å². The fourth-order valence-corrected chi connectivity index (χ4v) is 5.21. The summed E-state index contributed by atoms with van der Waals surface area (Å²) in [4.78, 5) is 19.5. The number of aromatic amines is 1. The van der Waals surface area contributed by atoms with Crippen molar-refractivity contribution in [1.82, 2.24) is 15.3 Å². The molecule has 4 rings (SSSR count). The number of aromatic nitrogens is 2. The maximum Gasteiger partial charge on any atom is 0.261 e. The predicted octanol–water partition coefficient (Wildman–Crippen LogP) is 2.93. The number of nitrogens with zero attached hydrogens (tertiary/aromatic N) is 1. The molecule has 3 N–H and O–H groups in total. The van der Waals surface area contributed by atoms with E-state index >= 15 is 0 Å². The average Bonchev–Trinajstić information content (AvgIpc) is 2.72. The van der Waals surface area contributed by atoms with Crippen LogP contribution in [0.2, 0.25) is 0 Å². The Morgan fingerprint density at radius 3 is 2.80 bits per heavy atom. The topological polar surface area (TPSA) is 87.2 Å². The zero-order valence-electron chi connectivity index (χ0n) is 16.7. The van der Waals surface area contributed by atoms with Crippen LogP contribution < -0.4 is 15.6 Å². The molecule has 1 saturated carbocycles. The second kappa shape index (κ2) is 9.62. The van der Waals surface area contributed by atoms with Gasteiger partial charge in [-0.2, -0.15) is 11.8 Å². The number of halogens is 2. The van der Waals surface area contributed by atoms with Crippen molar-refractivity contribution < 1.29 is 18.6 Å². The quantitative estimate of drug-likeness (QED) is 0.642. The van der Waals surface area contributed by atoms with Crippen molar-refractivity contribution in [2.75, 3.05) is 19.7 Å². The highest BCUT2D eigenvalue weighted by Crippen LogP contribution is 2.30. The standard InChI is InChI=1S/C21H27F2N3O3S/c22-16-7-14(29-10-12-5-6-24-9-17(12)23)8-18-20(16)21(28)26-19(25-18)11-30-15-3-1-13(27)2-4-15/h7-8,12-13,15,17,24,27H,1-6,9-11H2,(H,25,26,28)/t12-,13?,15?,17+/m0/s1. The van der Waals surface area contributed by atoms with E-state index in [0.29, 0.717) is 29.8 Å². The van der Waals surface area contributed by atoms with Crippen LogP contribution in [0.25, 0.3) is 10.9 Å². The van der Waals surface area contributed by atoms with Gasteiger partial charge in [0.05, 0.1) is 24.0 Å². The van der Waals surface area contributed by atoms with Gasteiger partial charge in [-0.05, 0) is 38.6 Å². The van der Waals surface area contributed by atoms with Crippen LogP contribution >= 0.6 is 11.8 Å². The first-order valence-corrected chi connectivity index (χ1v) is 11.5. The minimum Gasteiger partial charge on any atom is -0.493 e. The Morgan fingerprint density at radius 2 is 2.03 bits per heavy atom. The molecule has 2 heterocycles. The lowest BCUT2D eigenvalue weighted by Crippen LogP contribution is -2.40. The van der Waals surface area contributed by atoms with E-state index in [4.69, 9.17) is 4.74 Å². The molecule has 164 valence electrons. The first-order chi connectivity index (χ1) is 14.5. The molecule has 0 amide bonds. The minimum atomic E-state index is -0.991. The summed E-state index contributed by atoms with van der Waals surface area (Å²) in [6.45, 7) is 1.20. The highest BCUT2D eigenvalue weighted by molar-refractivity contribution is 7.99. The van der Waals surface area contributed by atoms with Gasteiger partial charge < -0.3 is 20.1 Å². The van der Waals surface area contributed by atoms with Gasteiger partial charge in [-0.3, -0.25) is 4.79 Å². The molecule has 0 spiro atoms. The zero-order chi connectivity index (χ0) is 21.1. The van der Waals surface area contributed by atoms with Crippen LogP contribution in [0.4, 0.5) is 8.78 Å². The van der Waals surface area contributed by atoms with Crippen LogP contribution in [0.3, 0.4) is 0 Å². The number of alkyl halides is 1. The van der Waals surface area contributed by atoms with Crippen LogP contribution in [-0.2, 0) is 5.75 Å². The maximum absolute atomic E-state index is 14.5. The number of ether oxygens (including phenoxy) is 1. The van der Waals surface area contributed by atoms with Crippen molar-refractivity contribution >= 4 is 22.7 Å². The molecule has 2 fully saturated rings. The number of rotatable bonds is 6. The molecular weight excluding hydrogens is 412 g/mol. The molecule has 2 atom stereocenters. The van der Waals surface area contributed by atoms with Crippen molar-refractivity contribution in [2.24, 2.45) is 5.92 Å².